The van der Waals surface area contributed by atoms with Gasteiger partial charge in [0.1, 0.15) is 5.75 Å². The van der Waals surface area contributed by atoms with E-state index in [1.165, 1.54) is 11.1 Å². The highest BCUT2D eigenvalue weighted by atomic mass is 16.5. The Balaban J connectivity index is 2.43. The molecule has 0 saturated heterocycles. The lowest BCUT2D eigenvalue weighted by Gasteiger charge is -2.33. The summed E-state index contributed by atoms with van der Waals surface area (Å²) >= 11 is 0. The molecular weight excluding hydrogens is 328 g/mol. The fourth-order valence-corrected chi connectivity index (χ4v) is 4.87. The lowest BCUT2D eigenvalue weighted by atomic mass is 9.71. The maximum Gasteiger partial charge on any atom is 0.307 e. The molecule has 0 radical (unpaired) electrons. The van der Waals surface area contributed by atoms with Crippen LogP contribution in [0.25, 0.3) is 0 Å². The molecule has 0 aliphatic heterocycles. The standard InChI is InChI=1S/C22H34O4/c1-7-8-17-16(10-15(13-25-5)11-20(17)26-6)12-18-14(2)9-19(21(23)24)22(18,3)4/h10-11,14,18-19H,7-9,12-13H2,1-6H3,(H,23,24). The van der Waals surface area contributed by atoms with Gasteiger partial charge in [0.05, 0.1) is 19.6 Å². The van der Waals surface area contributed by atoms with E-state index in [1.54, 1.807) is 14.2 Å². The predicted octanol–water partition coefficient (Wildman–Crippen LogP) is 4.72. The molecule has 1 N–H and O–H groups in total. The summed E-state index contributed by atoms with van der Waals surface area (Å²) in [6.07, 6.45) is 3.66. The molecule has 1 aromatic rings. The van der Waals surface area contributed by atoms with E-state index in [1.807, 2.05) is 0 Å². The van der Waals surface area contributed by atoms with Crippen molar-refractivity contribution in [3.05, 3.63) is 28.8 Å². The van der Waals surface area contributed by atoms with Crippen LogP contribution in [0, 0.1) is 23.2 Å². The van der Waals surface area contributed by atoms with Gasteiger partial charge in [-0.05, 0) is 59.3 Å². The van der Waals surface area contributed by atoms with Crippen molar-refractivity contribution in [3.8, 4) is 5.75 Å². The summed E-state index contributed by atoms with van der Waals surface area (Å²) in [5.41, 5.74) is 3.43. The second-order valence-corrected chi connectivity index (χ2v) is 8.35. The highest BCUT2D eigenvalue weighted by Crippen LogP contribution is 2.52. The van der Waals surface area contributed by atoms with Crippen molar-refractivity contribution in [2.24, 2.45) is 23.2 Å². The highest BCUT2D eigenvalue weighted by Gasteiger charge is 2.50. The Bertz CT molecular complexity index is 635. The SMILES string of the molecule is CCCc1c(CC2C(C)CC(C(=O)O)C2(C)C)cc(COC)cc1OC. The Morgan fingerprint density at radius 2 is 2.00 bits per heavy atom. The molecule has 3 unspecified atom stereocenters. The monoisotopic (exact) mass is 362 g/mol. The number of hydrogen-bond acceptors (Lipinski definition) is 3. The molecule has 1 aliphatic rings. The lowest BCUT2D eigenvalue weighted by molar-refractivity contribution is -0.145. The van der Waals surface area contributed by atoms with Gasteiger partial charge < -0.3 is 14.6 Å². The van der Waals surface area contributed by atoms with Gasteiger partial charge in [-0.1, -0.05) is 40.2 Å². The number of hydrogen-bond donors (Lipinski definition) is 1. The zero-order valence-corrected chi connectivity index (χ0v) is 17.1. The molecule has 2 rings (SSSR count). The van der Waals surface area contributed by atoms with E-state index in [-0.39, 0.29) is 11.3 Å². The van der Waals surface area contributed by atoms with E-state index in [0.29, 0.717) is 18.4 Å². The summed E-state index contributed by atoms with van der Waals surface area (Å²) in [7, 11) is 3.42. The van der Waals surface area contributed by atoms with Gasteiger partial charge in [-0.25, -0.2) is 0 Å². The van der Waals surface area contributed by atoms with E-state index in [9.17, 15) is 9.90 Å². The van der Waals surface area contributed by atoms with Gasteiger partial charge in [0.15, 0.2) is 0 Å². The molecule has 3 atom stereocenters. The number of aliphatic carboxylic acids is 1. The van der Waals surface area contributed by atoms with Crippen LogP contribution < -0.4 is 4.74 Å². The van der Waals surface area contributed by atoms with E-state index in [4.69, 9.17) is 9.47 Å². The van der Waals surface area contributed by atoms with Crippen molar-refractivity contribution in [1.29, 1.82) is 0 Å². The minimum Gasteiger partial charge on any atom is -0.496 e. The van der Waals surface area contributed by atoms with Gasteiger partial charge in [-0.3, -0.25) is 4.79 Å². The molecule has 0 amide bonds. The molecule has 1 aliphatic carbocycles. The molecule has 1 aromatic carbocycles. The number of carbonyl (C=O) groups is 1. The Morgan fingerprint density at radius 3 is 2.50 bits per heavy atom. The van der Waals surface area contributed by atoms with E-state index in [2.05, 4.69) is 39.8 Å². The predicted molar refractivity (Wildman–Crippen MR) is 104 cm³/mol. The fourth-order valence-electron chi connectivity index (χ4n) is 4.87. The highest BCUT2D eigenvalue weighted by molar-refractivity contribution is 5.71. The molecule has 146 valence electrons. The van der Waals surface area contributed by atoms with Crippen LogP contribution in [0.3, 0.4) is 0 Å². The Kier molecular flexibility index (Phi) is 6.73. The van der Waals surface area contributed by atoms with Crippen LogP contribution in [0.5, 0.6) is 5.75 Å². The minimum absolute atomic E-state index is 0.223. The molecular formula is C22H34O4. The van der Waals surface area contributed by atoms with Crippen molar-refractivity contribution >= 4 is 5.97 Å². The van der Waals surface area contributed by atoms with Gasteiger partial charge in [0.2, 0.25) is 0 Å². The van der Waals surface area contributed by atoms with Gasteiger partial charge in [0.25, 0.3) is 0 Å². The first kappa shape index (κ1) is 20.8. The lowest BCUT2D eigenvalue weighted by Crippen LogP contribution is -2.32. The first-order valence-electron chi connectivity index (χ1n) is 9.66. The number of rotatable bonds is 8. The van der Waals surface area contributed by atoms with Crippen molar-refractivity contribution in [2.45, 2.75) is 60.0 Å². The maximum atomic E-state index is 11.7. The van der Waals surface area contributed by atoms with Gasteiger partial charge in [-0.15, -0.1) is 0 Å². The van der Waals surface area contributed by atoms with Crippen LogP contribution in [0.4, 0.5) is 0 Å². The largest absolute Gasteiger partial charge is 0.496 e. The number of benzene rings is 1. The average molecular weight is 363 g/mol. The molecule has 4 nitrogen and oxygen atoms in total. The van der Waals surface area contributed by atoms with Gasteiger partial charge >= 0.3 is 5.97 Å². The molecule has 1 saturated carbocycles. The Morgan fingerprint density at radius 1 is 1.31 bits per heavy atom. The maximum absolute atomic E-state index is 11.7. The fraction of sp³-hybridized carbons (Fsp3) is 0.682. The summed E-state index contributed by atoms with van der Waals surface area (Å²) < 4.78 is 11.0. The van der Waals surface area contributed by atoms with Crippen molar-refractivity contribution in [1.82, 2.24) is 0 Å². The first-order valence-corrected chi connectivity index (χ1v) is 9.66. The Labute approximate surface area is 157 Å². The quantitative estimate of drug-likeness (QED) is 0.727. The third-order valence-electron chi connectivity index (χ3n) is 6.28. The molecule has 26 heavy (non-hydrogen) atoms. The second-order valence-electron chi connectivity index (χ2n) is 8.35. The molecule has 4 heteroatoms. The summed E-state index contributed by atoms with van der Waals surface area (Å²) in [6.45, 7) is 9.17. The van der Waals surface area contributed by atoms with Crippen LogP contribution in [-0.4, -0.2) is 25.3 Å². The third-order valence-corrected chi connectivity index (χ3v) is 6.28. The minimum atomic E-state index is -0.663. The zero-order valence-electron chi connectivity index (χ0n) is 17.1. The van der Waals surface area contributed by atoms with Gasteiger partial charge in [0, 0.05) is 7.11 Å². The van der Waals surface area contributed by atoms with E-state index in [0.717, 1.165) is 37.0 Å². The van der Waals surface area contributed by atoms with Crippen molar-refractivity contribution in [2.75, 3.05) is 14.2 Å². The Hall–Kier alpha value is -1.55. The van der Waals surface area contributed by atoms with E-state index >= 15 is 0 Å². The van der Waals surface area contributed by atoms with Crippen LogP contribution >= 0.6 is 0 Å². The summed E-state index contributed by atoms with van der Waals surface area (Å²) in [6, 6.07) is 4.30. The summed E-state index contributed by atoms with van der Waals surface area (Å²) in [5.74, 6) is 0.707. The molecule has 0 spiro atoms. The summed E-state index contributed by atoms with van der Waals surface area (Å²) in [5, 5.41) is 9.65. The van der Waals surface area contributed by atoms with Crippen molar-refractivity contribution < 1.29 is 19.4 Å². The third kappa shape index (κ3) is 4.06. The normalized spacial score (nSPS) is 24.6. The first-order chi connectivity index (χ1) is 12.3. The van der Waals surface area contributed by atoms with E-state index < -0.39 is 5.97 Å². The smallest absolute Gasteiger partial charge is 0.307 e. The van der Waals surface area contributed by atoms with Crippen molar-refractivity contribution in [3.63, 3.8) is 0 Å². The molecule has 0 heterocycles. The van der Waals surface area contributed by atoms with Gasteiger partial charge in [-0.2, -0.15) is 0 Å². The molecule has 0 aromatic heterocycles. The van der Waals surface area contributed by atoms with Crippen LogP contribution in [0.15, 0.2) is 12.1 Å². The van der Waals surface area contributed by atoms with Crippen LogP contribution in [0.2, 0.25) is 0 Å². The average Bonchev–Trinajstić information content (AvgIpc) is 2.80. The number of carboxylic acid groups (broad SMARTS) is 1. The molecule has 1 fully saturated rings. The van der Waals surface area contributed by atoms with Crippen LogP contribution in [-0.2, 0) is 29.0 Å². The molecule has 0 bridgehead atoms. The topological polar surface area (TPSA) is 55.8 Å². The number of carboxylic acids is 1. The zero-order chi connectivity index (χ0) is 19.5. The summed E-state index contributed by atoms with van der Waals surface area (Å²) in [4.78, 5) is 11.7. The second kappa shape index (κ2) is 8.43. The number of ether oxygens (including phenoxy) is 2. The number of methoxy groups -OCH3 is 2. The van der Waals surface area contributed by atoms with Crippen LogP contribution in [0.1, 0.15) is 57.2 Å².